The van der Waals surface area contributed by atoms with Crippen molar-refractivity contribution in [3.8, 4) is 0 Å². The summed E-state index contributed by atoms with van der Waals surface area (Å²) >= 11 is 0. The molecule has 1 aromatic rings. The van der Waals surface area contributed by atoms with Crippen LogP contribution < -0.4 is 5.32 Å². The van der Waals surface area contributed by atoms with Crippen molar-refractivity contribution >= 4 is 11.8 Å². The van der Waals surface area contributed by atoms with Gasteiger partial charge in [-0.1, -0.05) is 0 Å². The van der Waals surface area contributed by atoms with Crippen LogP contribution in [0.25, 0.3) is 0 Å². The SMILES string of the molecule is Cc1nn(C)c(NC(CO)CO)c1C(=O)O. The lowest BCUT2D eigenvalue weighted by Crippen LogP contribution is -2.29. The van der Waals surface area contributed by atoms with E-state index < -0.39 is 12.0 Å². The van der Waals surface area contributed by atoms with Crippen molar-refractivity contribution in [2.75, 3.05) is 18.5 Å². The molecule has 7 nitrogen and oxygen atoms in total. The number of aromatic nitrogens is 2. The Morgan fingerprint density at radius 1 is 1.50 bits per heavy atom. The van der Waals surface area contributed by atoms with Crippen molar-refractivity contribution in [1.82, 2.24) is 9.78 Å². The molecule has 4 N–H and O–H groups in total. The van der Waals surface area contributed by atoms with Crippen molar-refractivity contribution in [3.63, 3.8) is 0 Å². The van der Waals surface area contributed by atoms with Crippen LogP contribution in [-0.2, 0) is 7.05 Å². The molecule has 0 unspecified atom stereocenters. The molecule has 0 amide bonds. The highest BCUT2D eigenvalue weighted by atomic mass is 16.4. The first-order valence-electron chi connectivity index (χ1n) is 4.76. The second-order valence-corrected chi connectivity index (χ2v) is 3.44. The maximum absolute atomic E-state index is 11.0. The van der Waals surface area contributed by atoms with Gasteiger partial charge in [-0.3, -0.25) is 4.68 Å². The van der Waals surface area contributed by atoms with Crippen molar-refractivity contribution in [2.45, 2.75) is 13.0 Å². The fourth-order valence-electron chi connectivity index (χ4n) is 1.42. The number of carboxylic acids is 1. The second kappa shape index (κ2) is 4.95. The zero-order valence-corrected chi connectivity index (χ0v) is 9.14. The molecule has 0 aliphatic rings. The normalized spacial score (nSPS) is 10.8. The maximum atomic E-state index is 11.0. The molecule has 0 fully saturated rings. The van der Waals surface area contributed by atoms with Gasteiger partial charge in [-0.05, 0) is 6.92 Å². The second-order valence-electron chi connectivity index (χ2n) is 3.44. The van der Waals surface area contributed by atoms with Gasteiger partial charge in [0.1, 0.15) is 11.4 Å². The number of rotatable bonds is 5. The minimum atomic E-state index is -1.09. The van der Waals surface area contributed by atoms with Gasteiger partial charge < -0.3 is 20.6 Å². The molecule has 0 radical (unpaired) electrons. The molecule has 1 aromatic heterocycles. The molecule has 90 valence electrons. The third-order valence-electron chi connectivity index (χ3n) is 2.22. The largest absolute Gasteiger partial charge is 0.477 e. The standard InChI is InChI=1S/C9H15N3O4/c1-5-7(9(15)16)8(12(2)11-5)10-6(3-13)4-14/h6,10,13-14H,3-4H2,1-2H3,(H,15,16). The Balaban J connectivity index is 3.07. The average Bonchev–Trinajstić information content (AvgIpc) is 2.49. The number of aliphatic hydroxyl groups is 2. The van der Waals surface area contributed by atoms with Crippen LogP contribution in [0.3, 0.4) is 0 Å². The number of hydrogen-bond donors (Lipinski definition) is 4. The number of anilines is 1. The Labute approximate surface area is 92.3 Å². The van der Waals surface area contributed by atoms with Gasteiger partial charge in [-0.25, -0.2) is 4.79 Å². The molecule has 0 aliphatic heterocycles. The van der Waals surface area contributed by atoms with Gasteiger partial charge in [0.2, 0.25) is 0 Å². The third kappa shape index (κ3) is 2.31. The Hall–Kier alpha value is -1.60. The van der Waals surface area contributed by atoms with E-state index in [1.807, 2.05) is 0 Å². The van der Waals surface area contributed by atoms with Gasteiger partial charge in [0, 0.05) is 7.05 Å². The summed E-state index contributed by atoms with van der Waals surface area (Å²) in [5, 5.41) is 33.5. The average molecular weight is 229 g/mol. The molecule has 16 heavy (non-hydrogen) atoms. The summed E-state index contributed by atoms with van der Waals surface area (Å²) < 4.78 is 1.37. The summed E-state index contributed by atoms with van der Waals surface area (Å²) in [7, 11) is 1.59. The van der Waals surface area contributed by atoms with Gasteiger partial charge in [0.05, 0.1) is 24.9 Å². The van der Waals surface area contributed by atoms with Crippen molar-refractivity contribution in [3.05, 3.63) is 11.3 Å². The summed E-state index contributed by atoms with van der Waals surface area (Å²) in [6, 6.07) is -0.604. The fraction of sp³-hybridized carbons (Fsp3) is 0.556. The summed E-state index contributed by atoms with van der Waals surface area (Å²) in [5.41, 5.74) is 0.432. The van der Waals surface area contributed by atoms with Gasteiger partial charge in [-0.2, -0.15) is 5.10 Å². The van der Waals surface area contributed by atoms with E-state index in [4.69, 9.17) is 15.3 Å². The molecule has 0 aliphatic carbocycles. The highest BCUT2D eigenvalue weighted by Crippen LogP contribution is 2.19. The van der Waals surface area contributed by atoms with Crippen LogP contribution in [0, 0.1) is 6.92 Å². The lowest BCUT2D eigenvalue weighted by atomic mass is 10.2. The highest BCUT2D eigenvalue weighted by molar-refractivity contribution is 5.94. The lowest BCUT2D eigenvalue weighted by molar-refractivity contribution is 0.0696. The topological polar surface area (TPSA) is 108 Å². The fourth-order valence-corrected chi connectivity index (χ4v) is 1.42. The minimum absolute atomic E-state index is 0.0504. The van der Waals surface area contributed by atoms with Gasteiger partial charge in [0.15, 0.2) is 0 Å². The van der Waals surface area contributed by atoms with Crippen LogP contribution in [0.1, 0.15) is 16.1 Å². The zero-order valence-electron chi connectivity index (χ0n) is 9.14. The number of carboxylic acid groups (broad SMARTS) is 1. The number of nitrogens with one attached hydrogen (secondary N) is 1. The molecular weight excluding hydrogens is 214 g/mol. The van der Waals surface area contributed by atoms with Crippen molar-refractivity contribution < 1.29 is 20.1 Å². The lowest BCUT2D eigenvalue weighted by Gasteiger charge is -2.15. The summed E-state index contributed by atoms with van der Waals surface area (Å²) in [5.74, 6) is -0.819. The Bertz CT molecular complexity index is 384. The molecule has 1 rings (SSSR count). The van der Waals surface area contributed by atoms with E-state index in [0.717, 1.165) is 0 Å². The highest BCUT2D eigenvalue weighted by Gasteiger charge is 2.21. The Morgan fingerprint density at radius 2 is 2.06 bits per heavy atom. The molecule has 1 heterocycles. The van der Waals surface area contributed by atoms with Crippen LogP contribution >= 0.6 is 0 Å². The van der Waals surface area contributed by atoms with E-state index in [0.29, 0.717) is 5.69 Å². The van der Waals surface area contributed by atoms with Gasteiger partial charge in [-0.15, -0.1) is 0 Å². The number of aryl methyl sites for hydroxylation is 2. The summed E-state index contributed by atoms with van der Waals surface area (Å²) in [6.45, 7) is 1.00. The van der Waals surface area contributed by atoms with Crippen molar-refractivity contribution in [2.24, 2.45) is 7.05 Å². The van der Waals surface area contributed by atoms with Crippen LogP contribution in [0.2, 0.25) is 0 Å². The third-order valence-corrected chi connectivity index (χ3v) is 2.22. The van der Waals surface area contributed by atoms with E-state index in [1.54, 1.807) is 14.0 Å². The zero-order chi connectivity index (χ0) is 12.3. The number of aliphatic hydroxyl groups excluding tert-OH is 2. The van der Waals surface area contributed by atoms with E-state index in [-0.39, 0.29) is 24.6 Å². The summed E-state index contributed by atoms with van der Waals surface area (Å²) in [4.78, 5) is 11.0. The number of nitrogens with zero attached hydrogens (tertiary/aromatic N) is 2. The van der Waals surface area contributed by atoms with Crippen molar-refractivity contribution in [1.29, 1.82) is 0 Å². The molecule has 0 spiro atoms. The Kier molecular flexibility index (Phi) is 3.86. The molecular formula is C9H15N3O4. The maximum Gasteiger partial charge on any atom is 0.341 e. The molecule has 0 saturated heterocycles. The van der Waals surface area contributed by atoms with Crippen LogP contribution in [0.5, 0.6) is 0 Å². The van der Waals surface area contributed by atoms with Gasteiger partial charge in [0.25, 0.3) is 0 Å². The monoisotopic (exact) mass is 229 g/mol. The molecule has 0 atom stereocenters. The number of hydrogen-bond acceptors (Lipinski definition) is 5. The summed E-state index contributed by atoms with van der Waals surface area (Å²) in [6.07, 6.45) is 0. The first-order valence-corrected chi connectivity index (χ1v) is 4.76. The minimum Gasteiger partial charge on any atom is -0.477 e. The predicted octanol–water partition coefficient (Wildman–Crippen LogP) is -0.808. The number of carbonyl (C=O) groups is 1. The Morgan fingerprint density at radius 3 is 2.50 bits per heavy atom. The smallest absolute Gasteiger partial charge is 0.341 e. The van der Waals surface area contributed by atoms with E-state index in [2.05, 4.69) is 10.4 Å². The molecule has 0 aromatic carbocycles. The number of aromatic carboxylic acids is 1. The molecule has 0 bridgehead atoms. The van der Waals surface area contributed by atoms with Gasteiger partial charge >= 0.3 is 5.97 Å². The van der Waals surface area contributed by atoms with E-state index in [9.17, 15) is 4.79 Å². The van der Waals surface area contributed by atoms with E-state index in [1.165, 1.54) is 4.68 Å². The van der Waals surface area contributed by atoms with Crippen LogP contribution in [0.15, 0.2) is 0 Å². The predicted molar refractivity (Wildman–Crippen MR) is 56.5 cm³/mol. The quantitative estimate of drug-likeness (QED) is 0.526. The van der Waals surface area contributed by atoms with Crippen LogP contribution in [-0.4, -0.2) is 50.3 Å². The van der Waals surface area contributed by atoms with E-state index >= 15 is 0 Å². The van der Waals surface area contributed by atoms with Crippen LogP contribution in [0.4, 0.5) is 5.82 Å². The first-order chi connectivity index (χ1) is 7.51. The first kappa shape index (κ1) is 12.5. The molecule has 7 heteroatoms. The molecule has 0 saturated carbocycles.